The summed E-state index contributed by atoms with van der Waals surface area (Å²) in [5.41, 5.74) is 34.1. The first-order valence-electron chi connectivity index (χ1n) is 31.4. The number of primary amides is 1. The quantitative estimate of drug-likeness (QED) is 0.0150. The zero-order chi connectivity index (χ0) is 72.4. The molecular formula is C65H92N20O13. The summed E-state index contributed by atoms with van der Waals surface area (Å²) in [5.74, 6) is -6.19. The molecule has 0 aliphatic rings. The lowest BCUT2D eigenvalue weighted by molar-refractivity contribution is -0.127. The van der Waals surface area contributed by atoms with Crippen LogP contribution in [0.15, 0.2) is 72.8 Å². The number of Topliss-reactive ketones (excluding diaryl/α,β-unsaturated/α-hetero) is 4. The predicted molar refractivity (Wildman–Crippen MR) is 367 cm³/mol. The summed E-state index contributed by atoms with van der Waals surface area (Å²) in [4.78, 5) is 125. The van der Waals surface area contributed by atoms with E-state index >= 15 is 0 Å². The Labute approximate surface area is 567 Å². The molecule has 0 spiro atoms. The maximum atomic E-state index is 14.5. The van der Waals surface area contributed by atoms with Gasteiger partial charge in [-0.3, -0.25) is 70.2 Å². The largest absolute Gasteiger partial charge is 0.496 e. The van der Waals surface area contributed by atoms with E-state index in [9.17, 15) is 43.2 Å². The van der Waals surface area contributed by atoms with E-state index in [1.807, 2.05) is 0 Å². The van der Waals surface area contributed by atoms with Crippen LogP contribution < -0.4 is 101 Å². The van der Waals surface area contributed by atoms with Gasteiger partial charge in [0, 0.05) is 58.3 Å². The van der Waals surface area contributed by atoms with Gasteiger partial charge in [0.05, 0.1) is 74.3 Å². The van der Waals surface area contributed by atoms with Crippen molar-refractivity contribution in [2.24, 2.45) is 34.4 Å². The average molecular weight is 1360 g/mol. The second-order valence-electron chi connectivity index (χ2n) is 22.7. The first-order valence-corrected chi connectivity index (χ1v) is 31.4. The van der Waals surface area contributed by atoms with E-state index < -0.39 is 65.1 Å². The van der Waals surface area contributed by atoms with Crippen LogP contribution in [0.2, 0.25) is 0 Å². The number of rotatable bonds is 44. The van der Waals surface area contributed by atoms with Crippen molar-refractivity contribution in [1.29, 1.82) is 27.0 Å². The number of unbranched alkanes of at least 4 members (excludes halogenated alkanes) is 1. The van der Waals surface area contributed by atoms with Crippen molar-refractivity contribution in [3.63, 3.8) is 0 Å². The van der Waals surface area contributed by atoms with Gasteiger partial charge in [0.15, 0.2) is 52.9 Å². The van der Waals surface area contributed by atoms with Gasteiger partial charge in [0.2, 0.25) is 5.91 Å². The van der Waals surface area contributed by atoms with Crippen molar-refractivity contribution in [2.75, 3.05) is 60.7 Å². The van der Waals surface area contributed by atoms with E-state index in [-0.39, 0.29) is 190 Å². The highest BCUT2D eigenvalue weighted by Crippen LogP contribution is 2.26. The Morgan fingerprint density at radius 2 is 0.694 bits per heavy atom. The number of hydrogen-bond acceptors (Lipinski definition) is 18. The molecule has 33 heteroatoms. The number of benzene rings is 4. The lowest BCUT2D eigenvalue weighted by Gasteiger charge is -2.21. The molecule has 33 nitrogen and oxygen atoms in total. The van der Waals surface area contributed by atoms with Crippen LogP contribution in [0, 0.1) is 27.0 Å². The monoisotopic (exact) mass is 1360 g/mol. The van der Waals surface area contributed by atoms with Crippen molar-refractivity contribution < 1.29 is 62.1 Å². The van der Waals surface area contributed by atoms with Gasteiger partial charge in [-0.25, -0.2) is 0 Å². The van der Waals surface area contributed by atoms with Crippen LogP contribution in [0.3, 0.4) is 0 Å². The third-order valence-electron chi connectivity index (χ3n) is 15.1. The molecule has 0 aromatic heterocycles. The highest BCUT2D eigenvalue weighted by Gasteiger charge is 2.29. The SMILES string of the molecule is COc1ccc(CC(=O)[C@@H](C)NC(=O)CCCCNC(=N)N)cc1C(=O)N[C@H](CCCNC(=N)N)C(=O)Cc1ccc(OC)c(C(=O)N[C@H](CCCNC(=N)N)C(=O)Cc2ccc(OC)c(C(=O)N[C@H](CCCNC(=N)N)C(=O)Cc3ccc(OCCNC(=N)N)c(C(N)=O)c3)c2)c1. The first-order chi connectivity index (χ1) is 46.6. The Bertz CT molecular complexity index is 3550. The van der Waals surface area contributed by atoms with Crippen molar-refractivity contribution in [3.05, 3.63) is 117 Å². The zero-order valence-electron chi connectivity index (χ0n) is 55.4. The number of nitrogens with one attached hydrogen (secondary N) is 14. The summed E-state index contributed by atoms with van der Waals surface area (Å²) < 4.78 is 22.3. The molecule has 0 aliphatic heterocycles. The predicted octanol–water partition coefficient (Wildman–Crippen LogP) is -0.537. The Morgan fingerprint density at radius 3 is 1.02 bits per heavy atom. The normalized spacial score (nSPS) is 11.9. The fourth-order valence-electron chi connectivity index (χ4n) is 10.1. The lowest BCUT2D eigenvalue weighted by atomic mass is 9.96. The summed E-state index contributed by atoms with van der Waals surface area (Å²) >= 11 is 0. The lowest BCUT2D eigenvalue weighted by Crippen LogP contribution is -2.43. The topological polar surface area (TPSA) is 574 Å². The minimum Gasteiger partial charge on any atom is -0.496 e. The van der Waals surface area contributed by atoms with Gasteiger partial charge in [-0.1, -0.05) is 24.3 Å². The van der Waals surface area contributed by atoms with E-state index in [1.165, 1.54) is 69.9 Å². The molecule has 0 saturated carbocycles. The van der Waals surface area contributed by atoms with Crippen LogP contribution in [0.25, 0.3) is 0 Å². The Morgan fingerprint density at radius 1 is 0.388 bits per heavy atom. The van der Waals surface area contributed by atoms with E-state index in [0.29, 0.717) is 41.6 Å². The summed E-state index contributed by atoms with van der Waals surface area (Å²) in [6.07, 6.45) is 1.00. The number of carbonyl (C=O) groups excluding carboxylic acids is 9. The zero-order valence-corrected chi connectivity index (χ0v) is 55.4. The second-order valence-corrected chi connectivity index (χ2v) is 22.7. The minimum absolute atomic E-state index is 0.00475. The van der Waals surface area contributed by atoms with Gasteiger partial charge < -0.3 is 101 Å². The summed E-state index contributed by atoms with van der Waals surface area (Å²) in [6.45, 7) is 2.64. The van der Waals surface area contributed by atoms with Gasteiger partial charge in [-0.05, 0) is 129 Å². The van der Waals surface area contributed by atoms with Crippen LogP contribution in [-0.4, -0.2) is 167 Å². The highest BCUT2D eigenvalue weighted by atomic mass is 16.5. The molecule has 0 unspecified atom stereocenters. The molecule has 4 aromatic rings. The van der Waals surface area contributed by atoms with Crippen LogP contribution in [0.4, 0.5) is 0 Å². The highest BCUT2D eigenvalue weighted by molar-refractivity contribution is 6.04. The average Bonchev–Trinajstić information content (AvgIpc) is 0.845. The fourth-order valence-corrected chi connectivity index (χ4v) is 10.1. The summed E-state index contributed by atoms with van der Waals surface area (Å²) in [7, 11) is 4.00. The Hall–Kier alpha value is -11.5. The smallest absolute Gasteiger partial charge is 0.255 e. The number of guanidine groups is 5. The molecule has 530 valence electrons. The summed E-state index contributed by atoms with van der Waals surface area (Å²) in [5, 5.41) is 61.8. The van der Waals surface area contributed by atoms with E-state index in [0.717, 1.165) is 0 Å². The van der Waals surface area contributed by atoms with Gasteiger partial charge in [0.25, 0.3) is 23.6 Å². The number of ether oxygens (including phenoxy) is 4. The standard InChI is InChI=1S/C65H92N20O13/c1-36(82-56(90)13-5-6-22-77-61(67)68)48(86)32-38-14-18-52(95-2)42(29-38)58(92)84-46(11-8-24-79-63(71)72)50(88)34-40-16-20-54(97-4)44(31-40)60(94)85-47(12-9-25-80-64(73)74)51(89)35-39-15-19-53(96-3)43(30-39)59(93)83-45(10-7-23-78-62(69)70)49(87)33-37-17-21-55(41(28-37)57(66)91)98-27-26-81-65(75)76/h14-21,28-31,36,45-47H,5-13,22-27,32-35H2,1-4H3,(H2,66,91)(H,82,90)(H,83,93)(H,84,92)(H,85,94)(H4,67,68,77)(H4,69,70,78)(H4,71,72,79)(H4,73,74,80)(H4,75,76,81)/t36-,45-,46-,47-/m1/s1. The molecular weight excluding hydrogens is 1270 g/mol. The molecule has 4 rings (SSSR count). The number of ketones is 4. The molecule has 0 aliphatic carbocycles. The van der Waals surface area contributed by atoms with Crippen LogP contribution in [0.5, 0.6) is 23.0 Å². The molecule has 0 fully saturated rings. The van der Waals surface area contributed by atoms with Crippen molar-refractivity contribution >= 4 is 82.5 Å². The van der Waals surface area contributed by atoms with Crippen molar-refractivity contribution in [1.82, 2.24) is 47.9 Å². The van der Waals surface area contributed by atoms with Crippen LogP contribution in [0.1, 0.15) is 128 Å². The minimum atomic E-state index is -1.21. The Kier molecular flexibility index (Phi) is 32.7. The molecule has 0 radical (unpaired) electrons. The third kappa shape index (κ3) is 27.4. The van der Waals surface area contributed by atoms with E-state index in [2.05, 4.69) is 47.9 Å². The van der Waals surface area contributed by atoms with Gasteiger partial charge in [0.1, 0.15) is 29.6 Å². The summed E-state index contributed by atoms with van der Waals surface area (Å²) in [6, 6.07) is 13.5. The van der Waals surface area contributed by atoms with E-state index in [1.54, 1.807) is 31.2 Å². The van der Waals surface area contributed by atoms with Gasteiger partial charge >= 0.3 is 0 Å². The molecule has 4 aromatic carbocycles. The first kappa shape index (κ1) is 78.9. The van der Waals surface area contributed by atoms with Crippen LogP contribution in [-0.2, 0) is 49.7 Å². The number of amides is 5. The number of nitrogens with two attached hydrogens (primary N) is 6. The molecule has 0 heterocycles. The van der Waals surface area contributed by atoms with Gasteiger partial charge in [-0.15, -0.1) is 0 Å². The number of carbonyl (C=O) groups is 9. The third-order valence-corrected chi connectivity index (χ3v) is 15.1. The maximum absolute atomic E-state index is 14.5. The molecule has 0 saturated heterocycles. The van der Waals surface area contributed by atoms with Crippen LogP contribution >= 0.6 is 0 Å². The van der Waals surface area contributed by atoms with Crippen molar-refractivity contribution in [3.8, 4) is 23.0 Å². The Balaban J connectivity index is 1.58. The fraction of sp³-hybridized carbons (Fsp3) is 0.415. The molecule has 5 amide bonds. The molecule has 4 atom stereocenters. The van der Waals surface area contributed by atoms with Crippen molar-refractivity contribution in [2.45, 2.75) is 115 Å². The maximum Gasteiger partial charge on any atom is 0.255 e. The molecule has 26 N–H and O–H groups in total. The molecule has 98 heavy (non-hydrogen) atoms. The number of hydrogen-bond donors (Lipinski definition) is 20. The van der Waals surface area contributed by atoms with Gasteiger partial charge in [-0.2, -0.15) is 0 Å². The second kappa shape index (κ2) is 40.7. The number of methoxy groups -OCH3 is 3. The van der Waals surface area contributed by atoms with E-state index in [4.69, 9.17) is 80.4 Å². The molecule has 0 bridgehead atoms.